The van der Waals surface area contributed by atoms with E-state index in [1.165, 1.54) is 0 Å². The molecule has 4 heteroatoms. The number of rotatable bonds is 1. The molecule has 0 aromatic carbocycles. The van der Waals surface area contributed by atoms with Crippen LogP contribution in [0.25, 0.3) is 0 Å². The maximum atomic E-state index is 10.6. The van der Waals surface area contributed by atoms with Gasteiger partial charge in [0.15, 0.2) is 0 Å². The molecule has 0 bridgehead atoms. The first kappa shape index (κ1) is 8.50. The van der Waals surface area contributed by atoms with Crippen LogP contribution in [0.5, 0.6) is 0 Å². The third-order valence-corrected chi connectivity index (χ3v) is 1.69. The summed E-state index contributed by atoms with van der Waals surface area (Å²) < 4.78 is 0. The van der Waals surface area contributed by atoms with Crippen LogP contribution in [0, 0.1) is 6.92 Å². The van der Waals surface area contributed by atoms with Crippen LogP contribution < -0.4 is 0 Å². The second-order valence-electron chi connectivity index (χ2n) is 2.06. The molecule has 11 heavy (non-hydrogen) atoms. The Hall–Kier alpha value is -0.600. The molecule has 1 rings (SSSR count). The van der Waals surface area contributed by atoms with E-state index in [2.05, 4.69) is 4.98 Å². The van der Waals surface area contributed by atoms with Crippen molar-refractivity contribution in [1.29, 1.82) is 0 Å². The lowest BCUT2D eigenvalue weighted by molar-refractivity contribution is 0.108. The molecule has 0 amide bonds. The summed E-state index contributed by atoms with van der Waals surface area (Å²) in [4.78, 5) is 14.5. The Morgan fingerprint density at radius 3 is 2.64 bits per heavy atom. The highest BCUT2D eigenvalue weighted by molar-refractivity contribution is 6.68. The minimum atomic E-state index is -0.581. The van der Waals surface area contributed by atoms with Crippen molar-refractivity contribution < 1.29 is 4.79 Å². The van der Waals surface area contributed by atoms with Crippen molar-refractivity contribution in [1.82, 2.24) is 4.98 Å². The zero-order valence-electron chi connectivity index (χ0n) is 5.77. The molecule has 0 fully saturated rings. The van der Waals surface area contributed by atoms with Gasteiger partial charge in [0.05, 0.1) is 5.56 Å². The summed E-state index contributed by atoms with van der Waals surface area (Å²) >= 11 is 10.8. The van der Waals surface area contributed by atoms with E-state index < -0.39 is 5.24 Å². The highest BCUT2D eigenvalue weighted by Crippen LogP contribution is 2.15. The third-order valence-electron chi connectivity index (χ3n) is 1.20. The van der Waals surface area contributed by atoms with Gasteiger partial charge in [0.1, 0.15) is 5.15 Å². The average Bonchev–Trinajstić information content (AvgIpc) is 1.85. The van der Waals surface area contributed by atoms with Crippen molar-refractivity contribution >= 4 is 28.4 Å². The summed E-state index contributed by atoms with van der Waals surface area (Å²) in [5.41, 5.74) is 1.01. The lowest BCUT2D eigenvalue weighted by Gasteiger charge is -1.97. The smallest absolute Gasteiger partial charge is 0.255 e. The van der Waals surface area contributed by atoms with Gasteiger partial charge in [0, 0.05) is 5.69 Å². The maximum Gasteiger partial charge on any atom is 0.255 e. The Balaban J connectivity index is 3.20. The molecule has 0 spiro atoms. The predicted octanol–water partition coefficient (Wildman–Crippen LogP) is 2.42. The maximum absolute atomic E-state index is 10.6. The van der Waals surface area contributed by atoms with Crippen LogP contribution in [-0.2, 0) is 0 Å². The summed E-state index contributed by atoms with van der Waals surface area (Å²) in [5.74, 6) is 0. The first-order valence-electron chi connectivity index (χ1n) is 2.94. The van der Waals surface area contributed by atoms with E-state index in [4.69, 9.17) is 23.2 Å². The van der Waals surface area contributed by atoms with Gasteiger partial charge in [-0.3, -0.25) is 4.79 Å². The summed E-state index contributed by atoms with van der Waals surface area (Å²) in [6, 6.07) is 3.24. The lowest BCUT2D eigenvalue weighted by atomic mass is 10.3. The van der Waals surface area contributed by atoms with Gasteiger partial charge in [-0.05, 0) is 30.7 Å². The Morgan fingerprint density at radius 2 is 2.18 bits per heavy atom. The highest BCUT2D eigenvalue weighted by atomic mass is 35.5. The second kappa shape index (κ2) is 3.20. The molecule has 0 aliphatic rings. The molecule has 1 aromatic rings. The number of hydrogen-bond acceptors (Lipinski definition) is 2. The van der Waals surface area contributed by atoms with Crippen LogP contribution >= 0.6 is 23.2 Å². The molecule has 0 atom stereocenters. The van der Waals surface area contributed by atoms with Gasteiger partial charge >= 0.3 is 0 Å². The van der Waals surface area contributed by atoms with Gasteiger partial charge in [-0.15, -0.1) is 0 Å². The van der Waals surface area contributed by atoms with E-state index in [-0.39, 0.29) is 10.7 Å². The largest absolute Gasteiger partial charge is 0.275 e. The van der Waals surface area contributed by atoms with Crippen molar-refractivity contribution in [3.05, 3.63) is 28.5 Å². The molecule has 2 nitrogen and oxygen atoms in total. The van der Waals surface area contributed by atoms with E-state index in [9.17, 15) is 4.79 Å². The molecule has 0 unspecified atom stereocenters. The number of pyridine rings is 1. The topological polar surface area (TPSA) is 30.0 Å². The van der Waals surface area contributed by atoms with Crippen molar-refractivity contribution in [2.24, 2.45) is 0 Å². The highest BCUT2D eigenvalue weighted by Gasteiger charge is 2.07. The number of carbonyl (C=O) groups is 1. The predicted molar refractivity (Wildman–Crippen MR) is 44.2 cm³/mol. The van der Waals surface area contributed by atoms with Crippen LogP contribution in [0.15, 0.2) is 12.1 Å². The van der Waals surface area contributed by atoms with Crippen LogP contribution in [0.2, 0.25) is 5.15 Å². The standard InChI is InChI=1S/C7H5Cl2NO/c1-4-2-3-5(7(9)11)6(8)10-4/h2-3H,1H3. The molecular weight excluding hydrogens is 185 g/mol. The van der Waals surface area contributed by atoms with E-state index in [0.717, 1.165) is 5.69 Å². The SMILES string of the molecule is Cc1ccc(C(=O)Cl)c(Cl)n1. The van der Waals surface area contributed by atoms with Crippen LogP contribution in [0.4, 0.5) is 0 Å². The minimum absolute atomic E-state index is 0.157. The lowest BCUT2D eigenvalue weighted by Crippen LogP contribution is -1.93. The number of halogens is 2. The fourth-order valence-electron chi connectivity index (χ4n) is 0.672. The number of nitrogens with zero attached hydrogens (tertiary/aromatic N) is 1. The van der Waals surface area contributed by atoms with E-state index in [1.807, 2.05) is 0 Å². The van der Waals surface area contributed by atoms with Crippen molar-refractivity contribution in [2.45, 2.75) is 6.92 Å². The van der Waals surface area contributed by atoms with E-state index in [0.29, 0.717) is 0 Å². The summed E-state index contributed by atoms with van der Waals surface area (Å²) in [6.45, 7) is 1.79. The summed E-state index contributed by atoms with van der Waals surface area (Å²) in [6.07, 6.45) is 0. The summed E-state index contributed by atoms with van der Waals surface area (Å²) in [5, 5.41) is -0.424. The Labute approximate surface area is 74.1 Å². The van der Waals surface area contributed by atoms with E-state index in [1.54, 1.807) is 19.1 Å². The number of hydrogen-bond donors (Lipinski definition) is 0. The average molecular weight is 190 g/mol. The molecule has 0 radical (unpaired) electrons. The number of aromatic nitrogens is 1. The van der Waals surface area contributed by atoms with Crippen molar-refractivity contribution in [3.63, 3.8) is 0 Å². The van der Waals surface area contributed by atoms with Crippen molar-refractivity contribution in [3.8, 4) is 0 Å². The quantitative estimate of drug-likeness (QED) is 0.502. The monoisotopic (exact) mass is 189 g/mol. The fourth-order valence-corrected chi connectivity index (χ4v) is 1.15. The Morgan fingerprint density at radius 1 is 1.55 bits per heavy atom. The molecular formula is C7H5Cl2NO. The zero-order valence-corrected chi connectivity index (χ0v) is 7.28. The number of carbonyl (C=O) groups excluding carboxylic acids is 1. The van der Waals surface area contributed by atoms with Gasteiger partial charge in [-0.2, -0.15) is 0 Å². The van der Waals surface area contributed by atoms with E-state index >= 15 is 0 Å². The Kier molecular flexibility index (Phi) is 2.47. The summed E-state index contributed by atoms with van der Waals surface area (Å²) in [7, 11) is 0. The van der Waals surface area contributed by atoms with Gasteiger partial charge in [-0.1, -0.05) is 11.6 Å². The number of aryl methyl sites for hydroxylation is 1. The molecule has 0 saturated carbocycles. The molecule has 0 N–H and O–H groups in total. The normalized spacial score (nSPS) is 9.73. The van der Waals surface area contributed by atoms with Gasteiger partial charge in [0.2, 0.25) is 0 Å². The first-order valence-corrected chi connectivity index (χ1v) is 3.70. The van der Waals surface area contributed by atoms with Gasteiger partial charge in [-0.25, -0.2) is 4.98 Å². The van der Waals surface area contributed by atoms with Gasteiger partial charge in [0.25, 0.3) is 5.24 Å². The fraction of sp³-hybridized carbons (Fsp3) is 0.143. The van der Waals surface area contributed by atoms with Crippen LogP contribution in [-0.4, -0.2) is 10.2 Å². The van der Waals surface area contributed by atoms with Crippen LogP contribution in [0.1, 0.15) is 16.1 Å². The van der Waals surface area contributed by atoms with Crippen molar-refractivity contribution in [2.75, 3.05) is 0 Å². The molecule has 0 saturated heterocycles. The van der Waals surface area contributed by atoms with Crippen LogP contribution in [0.3, 0.4) is 0 Å². The third kappa shape index (κ3) is 1.91. The Bertz CT molecular complexity index is 298. The zero-order chi connectivity index (χ0) is 8.43. The minimum Gasteiger partial charge on any atom is -0.275 e. The molecule has 1 heterocycles. The first-order chi connectivity index (χ1) is 5.11. The molecule has 1 aromatic heterocycles. The molecule has 0 aliphatic heterocycles. The van der Waals surface area contributed by atoms with Gasteiger partial charge < -0.3 is 0 Å². The molecule has 0 aliphatic carbocycles. The molecule has 58 valence electrons. The second-order valence-corrected chi connectivity index (χ2v) is 2.77.